The Balaban J connectivity index is 2.49. The number of halogens is 1. The average molecular weight is 159 g/mol. The molecule has 1 fully saturated rings. The summed E-state index contributed by atoms with van der Waals surface area (Å²) in [5, 5.41) is 3.18. The maximum absolute atomic E-state index is 13.9. The van der Waals surface area contributed by atoms with Gasteiger partial charge >= 0.3 is 0 Å². The molecule has 1 saturated heterocycles. The van der Waals surface area contributed by atoms with Crippen molar-refractivity contribution in [2.75, 3.05) is 13.1 Å². The van der Waals surface area contributed by atoms with Crippen molar-refractivity contribution in [3.63, 3.8) is 0 Å². The van der Waals surface area contributed by atoms with E-state index in [0.717, 1.165) is 19.5 Å². The highest BCUT2D eigenvalue weighted by molar-refractivity contribution is 4.88. The van der Waals surface area contributed by atoms with E-state index < -0.39 is 5.67 Å². The van der Waals surface area contributed by atoms with Crippen LogP contribution in [0.25, 0.3) is 0 Å². The van der Waals surface area contributed by atoms with E-state index in [1.165, 1.54) is 0 Å². The summed E-state index contributed by atoms with van der Waals surface area (Å²) in [5.74, 6) is 0.226. The molecule has 1 rings (SSSR count). The first-order chi connectivity index (χ1) is 5.19. The molecule has 1 atom stereocenters. The lowest BCUT2D eigenvalue weighted by molar-refractivity contribution is 0.0520. The third-order valence-electron chi connectivity index (χ3n) is 2.93. The molecule has 1 unspecified atom stereocenters. The molecule has 0 aliphatic carbocycles. The molecule has 0 radical (unpaired) electrons. The fourth-order valence-electron chi connectivity index (χ4n) is 1.70. The predicted octanol–water partition coefficient (Wildman–Crippen LogP) is 2.12. The fourth-order valence-corrected chi connectivity index (χ4v) is 1.70. The van der Waals surface area contributed by atoms with Crippen LogP contribution in [0.3, 0.4) is 0 Å². The Kier molecular flexibility index (Phi) is 2.88. The largest absolute Gasteiger partial charge is 0.316 e. The normalized spacial score (nSPS) is 26.5. The number of piperidine rings is 1. The van der Waals surface area contributed by atoms with Crippen molar-refractivity contribution in [2.45, 2.75) is 38.8 Å². The van der Waals surface area contributed by atoms with Gasteiger partial charge in [0, 0.05) is 0 Å². The van der Waals surface area contributed by atoms with Crippen LogP contribution in [0.15, 0.2) is 0 Å². The van der Waals surface area contributed by atoms with Gasteiger partial charge < -0.3 is 5.32 Å². The molecule has 1 N–H and O–H groups in total. The minimum absolute atomic E-state index is 0.226. The van der Waals surface area contributed by atoms with Gasteiger partial charge in [-0.1, -0.05) is 20.3 Å². The lowest BCUT2D eigenvalue weighted by Crippen LogP contribution is -2.42. The molecule has 66 valence electrons. The monoisotopic (exact) mass is 159 g/mol. The maximum Gasteiger partial charge on any atom is 0.116 e. The zero-order chi connectivity index (χ0) is 8.32. The first-order valence-corrected chi connectivity index (χ1v) is 4.58. The summed E-state index contributed by atoms with van der Waals surface area (Å²) < 4.78 is 13.9. The highest BCUT2D eigenvalue weighted by Gasteiger charge is 2.36. The van der Waals surface area contributed by atoms with E-state index in [1.54, 1.807) is 0 Å². The van der Waals surface area contributed by atoms with Crippen LogP contribution in [0.2, 0.25) is 0 Å². The molecule has 1 heterocycles. The van der Waals surface area contributed by atoms with Crippen molar-refractivity contribution >= 4 is 0 Å². The van der Waals surface area contributed by atoms with Crippen molar-refractivity contribution in [3.8, 4) is 0 Å². The van der Waals surface area contributed by atoms with Gasteiger partial charge in [0.05, 0.1) is 0 Å². The van der Waals surface area contributed by atoms with Gasteiger partial charge in [-0.05, 0) is 31.8 Å². The third-order valence-corrected chi connectivity index (χ3v) is 2.93. The molecular weight excluding hydrogens is 141 g/mol. The summed E-state index contributed by atoms with van der Waals surface area (Å²) in [6.07, 6.45) is 2.35. The van der Waals surface area contributed by atoms with E-state index in [2.05, 4.69) is 12.2 Å². The molecule has 1 nitrogen and oxygen atoms in total. The van der Waals surface area contributed by atoms with Crippen molar-refractivity contribution in [1.82, 2.24) is 5.32 Å². The van der Waals surface area contributed by atoms with Crippen molar-refractivity contribution in [2.24, 2.45) is 5.92 Å². The topological polar surface area (TPSA) is 12.0 Å². The Labute approximate surface area is 68.4 Å². The van der Waals surface area contributed by atoms with Crippen LogP contribution >= 0.6 is 0 Å². The second-order valence-electron chi connectivity index (χ2n) is 3.59. The van der Waals surface area contributed by atoms with Crippen LogP contribution in [-0.2, 0) is 0 Å². The predicted molar refractivity (Wildman–Crippen MR) is 45.4 cm³/mol. The molecule has 0 aromatic rings. The molecule has 1 aliphatic heterocycles. The van der Waals surface area contributed by atoms with Crippen LogP contribution in [-0.4, -0.2) is 18.8 Å². The fraction of sp³-hybridized carbons (Fsp3) is 1.00. The lowest BCUT2D eigenvalue weighted by atomic mass is 9.81. The van der Waals surface area contributed by atoms with Crippen molar-refractivity contribution < 1.29 is 4.39 Å². The zero-order valence-electron chi connectivity index (χ0n) is 7.49. The number of rotatable bonds is 2. The first-order valence-electron chi connectivity index (χ1n) is 4.58. The maximum atomic E-state index is 13.9. The Hall–Kier alpha value is -0.110. The molecule has 0 aromatic carbocycles. The Morgan fingerprint density at radius 1 is 1.45 bits per heavy atom. The van der Waals surface area contributed by atoms with Crippen LogP contribution in [0, 0.1) is 5.92 Å². The van der Waals surface area contributed by atoms with Gasteiger partial charge in [-0.3, -0.25) is 0 Å². The minimum Gasteiger partial charge on any atom is -0.316 e. The first kappa shape index (κ1) is 8.98. The molecule has 1 aliphatic rings. The smallest absolute Gasteiger partial charge is 0.116 e. The van der Waals surface area contributed by atoms with Gasteiger partial charge in [-0.15, -0.1) is 0 Å². The van der Waals surface area contributed by atoms with Crippen LogP contribution < -0.4 is 5.32 Å². The van der Waals surface area contributed by atoms with Gasteiger partial charge in [0.25, 0.3) is 0 Å². The van der Waals surface area contributed by atoms with E-state index in [9.17, 15) is 4.39 Å². The lowest BCUT2D eigenvalue weighted by Gasteiger charge is -2.34. The Bertz CT molecular complexity index is 119. The van der Waals surface area contributed by atoms with Gasteiger partial charge in [0.15, 0.2) is 0 Å². The van der Waals surface area contributed by atoms with E-state index in [-0.39, 0.29) is 5.92 Å². The molecule has 0 aromatic heterocycles. The zero-order valence-corrected chi connectivity index (χ0v) is 7.49. The summed E-state index contributed by atoms with van der Waals surface area (Å²) in [5.41, 5.74) is -0.875. The minimum atomic E-state index is -0.875. The number of hydrogen-bond donors (Lipinski definition) is 1. The summed E-state index contributed by atoms with van der Waals surface area (Å²) >= 11 is 0. The summed E-state index contributed by atoms with van der Waals surface area (Å²) in [6, 6.07) is 0. The highest BCUT2D eigenvalue weighted by Crippen LogP contribution is 2.33. The van der Waals surface area contributed by atoms with Gasteiger partial charge in [-0.25, -0.2) is 4.39 Å². The van der Waals surface area contributed by atoms with Gasteiger partial charge in [0.2, 0.25) is 0 Å². The van der Waals surface area contributed by atoms with Crippen LogP contribution in [0.4, 0.5) is 4.39 Å². The second kappa shape index (κ2) is 3.53. The molecule has 11 heavy (non-hydrogen) atoms. The summed E-state index contributed by atoms with van der Waals surface area (Å²) in [7, 11) is 0. The number of alkyl halides is 1. The average Bonchev–Trinajstić information content (AvgIpc) is 2.04. The third kappa shape index (κ3) is 1.92. The quantitative estimate of drug-likeness (QED) is 0.650. The van der Waals surface area contributed by atoms with E-state index >= 15 is 0 Å². The molecular formula is C9H18FN. The van der Waals surface area contributed by atoms with Crippen molar-refractivity contribution in [1.29, 1.82) is 0 Å². The Morgan fingerprint density at radius 2 is 2.00 bits per heavy atom. The van der Waals surface area contributed by atoms with Crippen molar-refractivity contribution in [3.05, 3.63) is 0 Å². The molecule has 2 heteroatoms. The summed E-state index contributed by atoms with van der Waals surface area (Å²) in [6.45, 7) is 5.78. The van der Waals surface area contributed by atoms with Gasteiger partial charge in [0.1, 0.15) is 5.67 Å². The molecule has 0 saturated carbocycles. The summed E-state index contributed by atoms with van der Waals surface area (Å²) in [4.78, 5) is 0. The number of nitrogens with one attached hydrogen (secondary N) is 1. The van der Waals surface area contributed by atoms with E-state index in [0.29, 0.717) is 12.8 Å². The molecule has 0 amide bonds. The van der Waals surface area contributed by atoms with Crippen LogP contribution in [0.5, 0.6) is 0 Å². The van der Waals surface area contributed by atoms with Gasteiger partial charge in [-0.2, -0.15) is 0 Å². The highest BCUT2D eigenvalue weighted by atomic mass is 19.1. The standard InChI is InChI=1S/C9H18FN/c1-3-8(2)9(10)4-6-11-7-5-9/h8,11H,3-7H2,1-2H3. The van der Waals surface area contributed by atoms with E-state index in [1.807, 2.05) is 6.92 Å². The van der Waals surface area contributed by atoms with Crippen LogP contribution in [0.1, 0.15) is 33.1 Å². The molecule has 0 bridgehead atoms. The SMILES string of the molecule is CCC(C)C1(F)CCNCC1. The van der Waals surface area contributed by atoms with E-state index in [4.69, 9.17) is 0 Å². The second-order valence-corrected chi connectivity index (χ2v) is 3.59. The molecule has 0 spiro atoms. The Morgan fingerprint density at radius 3 is 2.45 bits per heavy atom. The number of hydrogen-bond acceptors (Lipinski definition) is 1.